The molecule has 8 nitrogen and oxygen atoms in total. The number of esters is 2. The summed E-state index contributed by atoms with van der Waals surface area (Å²) in [6, 6.07) is -0.683. The van der Waals surface area contributed by atoms with Crippen molar-refractivity contribution in [1.82, 2.24) is 9.88 Å². The number of aromatic amines is 1. The van der Waals surface area contributed by atoms with Crippen molar-refractivity contribution in [3.05, 3.63) is 22.5 Å². The fourth-order valence-electron chi connectivity index (χ4n) is 3.91. The molecule has 2 aliphatic rings. The molecule has 0 radical (unpaired) electrons. The molecule has 1 aromatic rings. The minimum atomic E-state index is -1.05. The molecule has 3 atom stereocenters. The van der Waals surface area contributed by atoms with Gasteiger partial charge in [-0.3, -0.25) is 9.59 Å². The van der Waals surface area contributed by atoms with Crippen molar-refractivity contribution in [2.24, 2.45) is 0 Å². The Morgan fingerprint density at radius 2 is 2.00 bits per heavy atom. The number of aromatic nitrogens is 1. The Hall–Kier alpha value is -2.29. The number of nitrogens with zero attached hydrogens (tertiary/aromatic N) is 1. The molecule has 152 valence electrons. The maximum absolute atomic E-state index is 12.8. The van der Waals surface area contributed by atoms with Gasteiger partial charge in [-0.15, -0.1) is 11.8 Å². The maximum Gasteiger partial charge on any atom is 0.339 e. The number of fused-ring (bicyclic) bond motifs is 1. The van der Waals surface area contributed by atoms with Crippen LogP contribution in [0.4, 0.5) is 0 Å². The Morgan fingerprint density at radius 1 is 1.32 bits per heavy atom. The highest BCUT2D eigenvalue weighted by Gasteiger charge is 2.53. The SMILES string of the molecule is COC(=O)c1c(C)[nH]c(C(=O)[C@H](C)OC(=O)[C@H]2CS[C@@]3(C)CCC(=O)N23)c1C. The number of Topliss-reactive ketones (excluding diaryl/α,β-unsaturated/α-hetero) is 1. The van der Waals surface area contributed by atoms with E-state index in [1.165, 1.54) is 14.0 Å². The summed E-state index contributed by atoms with van der Waals surface area (Å²) in [6.07, 6.45) is 0.0645. The number of ketones is 1. The van der Waals surface area contributed by atoms with Gasteiger partial charge in [-0.25, -0.2) is 9.59 Å². The molecule has 1 N–H and O–H groups in total. The van der Waals surface area contributed by atoms with Crippen LogP contribution in [0.3, 0.4) is 0 Å². The Kier molecular flexibility index (Phi) is 5.31. The van der Waals surface area contributed by atoms with Crippen molar-refractivity contribution in [1.29, 1.82) is 0 Å². The van der Waals surface area contributed by atoms with Gasteiger partial charge >= 0.3 is 11.9 Å². The van der Waals surface area contributed by atoms with E-state index in [-0.39, 0.29) is 16.5 Å². The molecule has 28 heavy (non-hydrogen) atoms. The van der Waals surface area contributed by atoms with Crippen molar-refractivity contribution in [3.63, 3.8) is 0 Å². The van der Waals surface area contributed by atoms with Crippen LogP contribution in [0.2, 0.25) is 0 Å². The standard InChI is InChI=1S/C19H24N2O6S/c1-9-14(18(25)26-5)10(2)20-15(9)16(23)11(3)27-17(24)12-8-28-19(4)7-6-13(22)21(12)19/h11-12,20H,6-8H2,1-5H3/t11-,12+,19-/m0/s1. The Balaban J connectivity index is 1.74. The molecule has 3 rings (SSSR count). The predicted molar refractivity (Wildman–Crippen MR) is 102 cm³/mol. The van der Waals surface area contributed by atoms with Gasteiger partial charge in [0.1, 0.15) is 6.04 Å². The molecule has 9 heteroatoms. The average Bonchev–Trinajstić information content (AvgIpc) is 3.24. The van der Waals surface area contributed by atoms with Crippen LogP contribution in [-0.4, -0.2) is 63.4 Å². The summed E-state index contributed by atoms with van der Waals surface area (Å²) in [5.41, 5.74) is 1.48. The van der Waals surface area contributed by atoms with E-state index in [9.17, 15) is 19.2 Å². The molecule has 2 saturated heterocycles. The number of hydrogen-bond donors (Lipinski definition) is 1. The van der Waals surface area contributed by atoms with Crippen LogP contribution in [0.25, 0.3) is 0 Å². The molecule has 0 unspecified atom stereocenters. The second-order valence-electron chi connectivity index (χ2n) is 7.33. The number of H-pyrrole nitrogens is 1. The van der Waals surface area contributed by atoms with Crippen molar-refractivity contribution in [2.75, 3.05) is 12.9 Å². The van der Waals surface area contributed by atoms with Gasteiger partial charge in [0, 0.05) is 17.9 Å². The lowest BCUT2D eigenvalue weighted by Crippen LogP contribution is -2.47. The third kappa shape index (κ3) is 3.21. The van der Waals surface area contributed by atoms with E-state index in [4.69, 9.17) is 9.47 Å². The predicted octanol–water partition coefficient (Wildman–Crippen LogP) is 1.99. The van der Waals surface area contributed by atoms with Crippen LogP contribution in [0.1, 0.15) is 58.8 Å². The molecule has 3 heterocycles. The number of hydrogen-bond acceptors (Lipinski definition) is 7. The fourth-order valence-corrected chi connectivity index (χ4v) is 5.33. The highest BCUT2D eigenvalue weighted by molar-refractivity contribution is 8.01. The highest BCUT2D eigenvalue weighted by atomic mass is 32.2. The quantitative estimate of drug-likeness (QED) is 0.587. The van der Waals surface area contributed by atoms with E-state index < -0.39 is 29.9 Å². The molecule has 0 aliphatic carbocycles. The molecule has 0 spiro atoms. The topological polar surface area (TPSA) is 106 Å². The van der Waals surface area contributed by atoms with Gasteiger partial charge in [0.25, 0.3) is 0 Å². The molecule has 2 aliphatic heterocycles. The summed E-state index contributed by atoms with van der Waals surface area (Å²) in [6.45, 7) is 6.74. The van der Waals surface area contributed by atoms with Gasteiger partial charge in [-0.05, 0) is 39.7 Å². The Morgan fingerprint density at radius 3 is 2.64 bits per heavy atom. The van der Waals surface area contributed by atoms with Crippen LogP contribution >= 0.6 is 11.8 Å². The van der Waals surface area contributed by atoms with E-state index in [1.807, 2.05) is 6.92 Å². The van der Waals surface area contributed by atoms with Gasteiger partial charge in [0.2, 0.25) is 11.7 Å². The largest absolute Gasteiger partial charge is 0.465 e. The highest BCUT2D eigenvalue weighted by Crippen LogP contribution is 2.47. The Labute approximate surface area is 167 Å². The van der Waals surface area contributed by atoms with E-state index in [0.29, 0.717) is 35.4 Å². The minimum absolute atomic E-state index is 0.0630. The summed E-state index contributed by atoms with van der Waals surface area (Å²) < 4.78 is 10.2. The minimum Gasteiger partial charge on any atom is -0.465 e. The fraction of sp³-hybridized carbons (Fsp3) is 0.579. The number of carbonyl (C=O) groups excluding carboxylic acids is 4. The lowest BCUT2D eigenvalue weighted by atomic mass is 10.1. The smallest absolute Gasteiger partial charge is 0.339 e. The molecule has 1 aromatic heterocycles. The van der Waals surface area contributed by atoms with Crippen LogP contribution in [-0.2, 0) is 19.1 Å². The van der Waals surface area contributed by atoms with Gasteiger partial charge in [0.05, 0.1) is 23.2 Å². The number of ether oxygens (including phenoxy) is 2. The van der Waals surface area contributed by atoms with E-state index in [1.54, 1.807) is 30.5 Å². The van der Waals surface area contributed by atoms with Gasteiger partial charge < -0.3 is 19.4 Å². The molecular formula is C19H24N2O6S. The first kappa shape index (κ1) is 20.4. The molecule has 0 bridgehead atoms. The summed E-state index contributed by atoms with van der Waals surface area (Å²) in [7, 11) is 1.27. The molecule has 0 saturated carbocycles. The van der Waals surface area contributed by atoms with Crippen LogP contribution in [0.15, 0.2) is 0 Å². The van der Waals surface area contributed by atoms with Gasteiger partial charge in [-0.1, -0.05) is 0 Å². The first-order chi connectivity index (χ1) is 13.1. The van der Waals surface area contributed by atoms with Crippen LogP contribution < -0.4 is 0 Å². The van der Waals surface area contributed by atoms with E-state index >= 15 is 0 Å². The zero-order chi connectivity index (χ0) is 20.8. The van der Waals surface area contributed by atoms with E-state index in [0.717, 1.165) is 0 Å². The second kappa shape index (κ2) is 7.27. The average molecular weight is 408 g/mol. The number of thioether (sulfide) groups is 1. The van der Waals surface area contributed by atoms with Crippen molar-refractivity contribution >= 4 is 35.4 Å². The third-order valence-corrected chi connectivity index (χ3v) is 6.96. The van der Waals surface area contributed by atoms with Gasteiger partial charge in [0.15, 0.2) is 6.10 Å². The van der Waals surface area contributed by atoms with Crippen LogP contribution in [0.5, 0.6) is 0 Å². The van der Waals surface area contributed by atoms with E-state index in [2.05, 4.69) is 4.98 Å². The summed E-state index contributed by atoms with van der Waals surface area (Å²) >= 11 is 1.56. The first-order valence-corrected chi connectivity index (χ1v) is 10.1. The first-order valence-electron chi connectivity index (χ1n) is 9.09. The molecular weight excluding hydrogens is 384 g/mol. The Bertz CT molecular complexity index is 863. The monoisotopic (exact) mass is 408 g/mol. The van der Waals surface area contributed by atoms with Crippen molar-refractivity contribution in [2.45, 2.75) is 57.6 Å². The molecule has 1 amide bonds. The second-order valence-corrected chi connectivity index (χ2v) is 8.83. The molecule has 2 fully saturated rings. The zero-order valence-corrected chi connectivity index (χ0v) is 17.4. The van der Waals surface area contributed by atoms with Gasteiger partial charge in [-0.2, -0.15) is 0 Å². The zero-order valence-electron chi connectivity index (χ0n) is 16.6. The number of amides is 1. The number of carbonyl (C=O) groups is 4. The number of nitrogens with one attached hydrogen (secondary N) is 1. The summed E-state index contributed by atoms with van der Waals surface area (Å²) in [5, 5.41) is 0. The lowest BCUT2D eigenvalue weighted by Gasteiger charge is -2.29. The number of aryl methyl sites for hydroxylation is 1. The van der Waals surface area contributed by atoms with Crippen LogP contribution in [0, 0.1) is 13.8 Å². The van der Waals surface area contributed by atoms with Crippen molar-refractivity contribution < 1.29 is 28.7 Å². The third-order valence-electron chi connectivity index (χ3n) is 5.45. The molecule has 0 aromatic carbocycles. The summed E-state index contributed by atoms with van der Waals surface area (Å²) in [4.78, 5) is 53.7. The van der Waals surface area contributed by atoms with Crippen molar-refractivity contribution in [3.8, 4) is 0 Å². The number of methoxy groups -OCH3 is 1. The number of rotatable bonds is 5. The summed E-state index contributed by atoms with van der Waals surface area (Å²) in [5.74, 6) is -1.17. The maximum atomic E-state index is 12.8. The normalized spacial score (nSPS) is 24.8. The lowest BCUT2D eigenvalue weighted by molar-refractivity contribution is -0.155.